The molecule has 2 heterocycles. The molecule has 1 aromatic carbocycles. The first kappa shape index (κ1) is 16.4. The van der Waals surface area contributed by atoms with Crippen molar-refractivity contribution in [1.29, 1.82) is 0 Å². The smallest absolute Gasteiger partial charge is 0.365 e. The van der Waals surface area contributed by atoms with E-state index in [1.54, 1.807) is 6.20 Å². The van der Waals surface area contributed by atoms with E-state index >= 15 is 0 Å². The Bertz CT molecular complexity index is 738. The Morgan fingerprint density at radius 1 is 1.12 bits per heavy atom. The number of nitrogens with one attached hydrogen (secondary N) is 1. The molecule has 128 valence electrons. The van der Waals surface area contributed by atoms with Gasteiger partial charge in [-0.05, 0) is 30.5 Å². The van der Waals surface area contributed by atoms with Gasteiger partial charge in [0.15, 0.2) is 0 Å². The predicted octanol–water partition coefficient (Wildman–Crippen LogP) is 2.58. The van der Waals surface area contributed by atoms with Gasteiger partial charge in [0.1, 0.15) is 6.67 Å². The Labute approximate surface area is 141 Å². The van der Waals surface area contributed by atoms with Crippen LogP contribution in [0.1, 0.15) is 32.6 Å². The fourth-order valence-corrected chi connectivity index (χ4v) is 3.02. The van der Waals surface area contributed by atoms with Gasteiger partial charge in [-0.3, -0.25) is 4.79 Å². The van der Waals surface area contributed by atoms with Gasteiger partial charge >= 0.3 is 5.63 Å². The lowest BCUT2D eigenvalue weighted by molar-refractivity contribution is -0.119. The van der Waals surface area contributed by atoms with E-state index < -0.39 is 5.63 Å². The number of hydrogen-bond donors (Lipinski definition) is 1. The number of hydrogen-bond acceptors (Lipinski definition) is 4. The van der Waals surface area contributed by atoms with Crippen LogP contribution in [-0.2, 0) is 11.5 Å². The molecule has 1 aliphatic heterocycles. The Balaban J connectivity index is 1.75. The summed E-state index contributed by atoms with van der Waals surface area (Å²) in [5, 5.41) is 2.60. The number of aromatic nitrogens is 1. The zero-order valence-corrected chi connectivity index (χ0v) is 14.0. The topological polar surface area (TPSA) is 67.5 Å². The van der Waals surface area contributed by atoms with Crippen LogP contribution in [0.5, 0.6) is 0 Å². The van der Waals surface area contributed by atoms with Gasteiger partial charge in [-0.2, -0.15) is 4.74 Å². The molecule has 1 aliphatic rings. The number of rotatable bonds is 4. The number of amides is 1. The second-order valence-electron chi connectivity index (χ2n) is 6.18. The molecule has 0 saturated carbocycles. The molecule has 1 N–H and O–H groups in total. The van der Waals surface area contributed by atoms with Crippen LogP contribution in [-0.4, -0.2) is 23.7 Å². The molecule has 0 bridgehead atoms. The van der Waals surface area contributed by atoms with Crippen molar-refractivity contribution < 1.29 is 9.32 Å². The van der Waals surface area contributed by atoms with Crippen LogP contribution >= 0.6 is 0 Å². The summed E-state index contributed by atoms with van der Waals surface area (Å²) in [6, 6.07) is 8.03. The average Bonchev–Trinajstić information content (AvgIpc) is 2.77. The Hall–Kier alpha value is -2.50. The van der Waals surface area contributed by atoms with Crippen molar-refractivity contribution >= 4 is 11.6 Å². The highest BCUT2D eigenvalue weighted by atomic mass is 16.5. The van der Waals surface area contributed by atoms with Crippen LogP contribution < -0.4 is 15.8 Å². The quantitative estimate of drug-likeness (QED) is 0.936. The molecule has 3 rings (SSSR count). The molecule has 0 spiro atoms. The minimum absolute atomic E-state index is 0.149. The van der Waals surface area contributed by atoms with Crippen molar-refractivity contribution in [2.45, 2.75) is 39.3 Å². The molecule has 0 unspecified atom stereocenters. The van der Waals surface area contributed by atoms with Crippen molar-refractivity contribution in [2.75, 3.05) is 18.0 Å². The second-order valence-corrected chi connectivity index (χ2v) is 6.18. The highest BCUT2D eigenvalue weighted by molar-refractivity contribution is 5.72. The van der Waals surface area contributed by atoms with Gasteiger partial charge in [0.2, 0.25) is 5.91 Å². The van der Waals surface area contributed by atoms with Crippen LogP contribution in [0.15, 0.2) is 39.8 Å². The normalized spacial score (nSPS) is 15.1. The minimum Gasteiger partial charge on any atom is -0.372 e. The number of carbonyl (C=O) groups excluding carboxylic acids is 1. The van der Waals surface area contributed by atoms with Crippen molar-refractivity contribution in [3.63, 3.8) is 0 Å². The molecule has 0 atom stereocenters. The second kappa shape index (κ2) is 7.38. The van der Waals surface area contributed by atoms with Gasteiger partial charge in [-0.25, -0.2) is 4.79 Å². The lowest BCUT2D eigenvalue weighted by Gasteiger charge is -2.22. The zero-order chi connectivity index (χ0) is 16.9. The Morgan fingerprint density at radius 3 is 2.42 bits per heavy atom. The largest absolute Gasteiger partial charge is 0.372 e. The number of carbonyl (C=O) groups is 1. The third-order valence-corrected chi connectivity index (χ3v) is 4.33. The van der Waals surface area contributed by atoms with Crippen LogP contribution in [0.25, 0.3) is 11.1 Å². The maximum absolute atomic E-state index is 12.0. The van der Waals surface area contributed by atoms with E-state index in [4.69, 9.17) is 4.52 Å². The summed E-state index contributed by atoms with van der Waals surface area (Å²) >= 11 is 0. The maximum Gasteiger partial charge on any atom is 0.365 e. The highest BCUT2D eigenvalue weighted by Gasteiger charge is 2.12. The Kier molecular flexibility index (Phi) is 5.03. The van der Waals surface area contributed by atoms with E-state index in [1.807, 2.05) is 12.1 Å². The van der Waals surface area contributed by atoms with Crippen molar-refractivity contribution in [3.8, 4) is 11.1 Å². The van der Waals surface area contributed by atoms with Gasteiger partial charge in [-0.15, -0.1) is 0 Å². The van der Waals surface area contributed by atoms with E-state index in [-0.39, 0.29) is 12.6 Å². The first-order chi connectivity index (χ1) is 11.6. The van der Waals surface area contributed by atoms with Crippen molar-refractivity contribution in [2.24, 2.45) is 0 Å². The first-order valence-corrected chi connectivity index (χ1v) is 8.44. The molecule has 0 aliphatic carbocycles. The van der Waals surface area contributed by atoms with Crippen molar-refractivity contribution in [3.05, 3.63) is 40.9 Å². The molecular weight excluding hydrogens is 306 g/mol. The fourth-order valence-electron chi connectivity index (χ4n) is 3.02. The third kappa shape index (κ3) is 3.88. The minimum atomic E-state index is -0.400. The van der Waals surface area contributed by atoms with E-state index in [2.05, 4.69) is 22.3 Å². The predicted molar refractivity (Wildman–Crippen MR) is 92.9 cm³/mol. The van der Waals surface area contributed by atoms with Crippen LogP contribution in [0, 0.1) is 0 Å². The summed E-state index contributed by atoms with van der Waals surface area (Å²) in [5.41, 5.74) is 2.12. The van der Waals surface area contributed by atoms with E-state index in [1.165, 1.54) is 43.0 Å². The van der Waals surface area contributed by atoms with Gasteiger partial charge in [-0.1, -0.05) is 25.0 Å². The van der Waals surface area contributed by atoms with E-state index in [9.17, 15) is 9.59 Å². The summed E-state index contributed by atoms with van der Waals surface area (Å²) < 4.78 is 6.45. The summed E-state index contributed by atoms with van der Waals surface area (Å²) in [7, 11) is 0. The number of benzene rings is 1. The molecule has 6 nitrogen and oxygen atoms in total. The highest BCUT2D eigenvalue weighted by Crippen LogP contribution is 2.23. The standard InChI is InChI=1S/C18H23N3O3/c1-14(22)19-13-21-12-17(18(23)24-21)15-6-8-16(9-7-15)20-10-4-2-3-5-11-20/h6-9,12H,2-5,10-11,13H2,1H3,(H,19,22). The molecule has 0 radical (unpaired) electrons. The average molecular weight is 329 g/mol. The maximum atomic E-state index is 12.0. The van der Waals surface area contributed by atoms with Gasteiger partial charge in [0.05, 0.1) is 11.8 Å². The first-order valence-electron chi connectivity index (χ1n) is 8.44. The van der Waals surface area contributed by atoms with E-state index in [0.29, 0.717) is 5.56 Å². The van der Waals surface area contributed by atoms with Crippen molar-refractivity contribution in [1.82, 2.24) is 10.1 Å². The number of nitrogens with zero attached hydrogens (tertiary/aromatic N) is 2. The van der Waals surface area contributed by atoms with Gasteiger partial charge in [0.25, 0.3) is 0 Å². The summed E-state index contributed by atoms with van der Waals surface area (Å²) in [5.74, 6) is -0.172. The van der Waals surface area contributed by atoms with Gasteiger partial charge in [0, 0.05) is 25.7 Å². The lowest BCUT2D eigenvalue weighted by Crippen LogP contribution is -2.23. The molecule has 1 fully saturated rings. The summed E-state index contributed by atoms with van der Waals surface area (Å²) in [6.07, 6.45) is 6.70. The fraction of sp³-hybridized carbons (Fsp3) is 0.444. The lowest BCUT2D eigenvalue weighted by atomic mass is 10.1. The van der Waals surface area contributed by atoms with E-state index in [0.717, 1.165) is 18.7 Å². The van der Waals surface area contributed by atoms with Gasteiger partial charge < -0.3 is 14.7 Å². The Morgan fingerprint density at radius 2 is 1.79 bits per heavy atom. The van der Waals surface area contributed by atoms with Crippen LogP contribution in [0.2, 0.25) is 0 Å². The molecule has 1 aromatic heterocycles. The molecule has 6 heteroatoms. The molecule has 2 aromatic rings. The molecule has 1 saturated heterocycles. The number of anilines is 1. The van der Waals surface area contributed by atoms with Crippen LogP contribution in [0.4, 0.5) is 5.69 Å². The monoisotopic (exact) mass is 329 g/mol. The SMILES string of the molecule is CC(=O)NCn1cc(-c2ccc(N3CCCCCC3)cc2)c(=O)o1. The van der Waals surface area contributed by atoms with Crippen LogP contribution in [0.3, 0.4) is 0 Å². The summed E-state index contributed by atoms with van der Waals surface area (Å²) in [4.78, 5) is 25.4. The zero-order valence-electron chi connectivity index (χ0n) is 14.0. The molecule has 24 heavy (non-hydrogen) atoms. The summed E-state index contributed by atoms with van der Waals surface area (Å²) in [6.45, 7) is 3.75. The molecule has 1 amide bonds. The third-order valence-electron chi connectivity index (χ3n) is 4.33. The molecular formula is C18H23N3O3.